The second-order valence-electron chi connectivity index (χ2n) is 3.47. The number of amidine groups is 1. The number of aliphatic hydroxyl groups excluding tert-OH is 1. The molecule has 6 N–H and O–H groups in total. The topological polar surface area (TPSA) is 122 Å². The third-order valence-electron chi connectivity index (χ3n) is 1.97. The second kappa shape index (κ2) is 7.19. The van der Waals surface area contributed by atoms with Crippen LogP contribution in [0.1, 0.15) is 26.2 Å². The minimum absolute atomic E-state index is 0.465. The van der Waals surface area contributed by atoms with Crippen molar-refractivity contribution in [1.29, 1.82) is 0 Å². The molecule has 0 aromatic carbocycles. The Balaban J connectivity index is 3.59. The summed E-state index contributed by atoms with van der Waals surface area (Å²) < 4.78 is 0. The molecule has 0 aliphatic carbocycles. The van der Waals surface area contributed by atoms with Gasteiger partial charge < -0.3 is 21.7 Å². The molecule has 0 saturated carbocycles. The fourth-order valence-electron chi connectivity index (χ4n) is 1.09. The van der Waals surface area contributed by atoms with Crippen LogP contribution in [0.15, 0.2) is 4.99 Å². The molecule has 6 nitrogen and oxygen atoms in total. The van der Waals surface area contributed by atoms with Crippen molar-refractivity contribution >= 4 is 11.8 Å². The predicted octanol–water partition coefficient (Wildman–Crippen LogP) is -0.693. The number of aliphatic hydroxyl groups is 1. The maximum Gasteiger partial charge on any atom is 0.334 e. The summed E-state index contributed by atoms with van der Waals surface area (Å²) in [4.78, 5) is 14.3. The number of aliphatic imine (C=N–C) groups is 1. The van der Waals surface area contributed by atoms with E-state index in [0.29, 0.717) is 18.8 Å². The highest BCUT2D eigenvalue weighted by Crippen LogP contribution is 2.03. The summed E-state index contributed by atoms with van der Waals surface area (Å²) in [5, 5.41) is 17.5. The Labute approximate surface area is 89.0 Å². The van der Waals surface area contributed by atoms with Crippen molar-refractivity contribution in [2.45, 2.75) is 38.3 Å². The SMILES string of the molecule is CC(N)=NCCCC[C@H](N)[C@@H](O)C(=O)O. The van der Waals surface area contributed by atoms with E-state index in [-0.39, 0.29) is 0 Å². The average Bonchev–Trinajstić information content (AvgIpc) is 2.15. The molecule has 0 amide bonds. The number of hydrogen-bond acceptors (Lipinski definition) is 4. The number of aliphatic carboxylic acids is 1. The molecule has 88 valence electrons. The lowest BCUT2D eigenvalue weighted by atomic mass is 10.1. The molecule has 0 heterocycles. The van der Waals surface area contributed by atoms with Crippen molar-refractivity contribution in [2.24, 2.45) is 16.5 Å². The van der Waals surface area contributed by atoms with Gasteiger partial charge in [0.05, 0.1) is 5.84 Å². The van der Waals surface area contributed by atoms with Crippen LogP contribution in [0.3, 0.4) is 0 Å². The highest BCUT2D eigenvalue weighted by Gasteiger charge is 2.21. The largest absolute Gasteiger partial charge is 0.479 e. The molecule has 15 heavy (non-hydrogen) atoms. The molecular formula is C9H19N3O3. The summed E-state index contributed by atoms with van der Waals surface area (Å²) in [5.41, 5.74) is 10.8. The van der Waals surface area contributed by atoms with Crippen molar-refractivity contribution in [3.05, 3.63) is 0 Å². The lowest BCUT2D eigenvalue weighted by Gasteiger charge is -2.14. The van der Waals surface area contributed by atoms with Gasteiger partial charge in [0.15, 0.2) is 6.10 Å². The Hall–Kier alpha value is -1.14. The summed E-state index contributed by atoms with van der Waals surface area (Å²) in [7, 11) is 0. The Bertz CT molecular complexity index is 227. The zero-order valence-corrected chi connectivity index (χ0v) is 8.89. The fourth-order valence-corrected chi connectivity index (χ4v) is 1.09. The van der Waals surface area contributed by atoms with E-state index < -0.39 is 18.1 Å². The quantitative estimate of drug-likeness (QED) is 0.255. The normalized spacial score (nSPS) is 16.1. The van der Waals surface area contributed by atoms with Crippen LogP contribution in [-0.4, -0.2) is 40.7 Å². The monoisotopic (exact) mass is 217 g/mol. The van der Waals surface area contributed by atoms with Crippen molar-refractivity contribution < 1.29 is 15.0 Å². The molecule has 0 saturated heterocycles. The first kappa shape index (κ1) is 13.9. The first-order valence-corrected chi connectivity index (χ1v) is 4.88. The smallest absolute Gasteiger partial charge is 0.334 e. The average molecular weight is 217 g/mol. The molecular weight excluding hydrogens is 198 g/mol. The van der Waals surface area contributed by atoms with Gasteiger partial charge in [0, 0.05) is 12.6 Å². The van der Waals surface area contributed by atoms with Crippen molar-refractivity contribution in [3.8, 4) is 0 Å². The third kappa shape index (κ3) is 6.87. The molecule has 0 radical (unpaired) electrons. The Kier molecular flexibility index (Phi) is 6.64. The van der Waals surface area contributed by atoms with Gasteiger partial charge in [-0.25, -0.2) is 4.79 Å². The number of nitrogens with two attached hydrogens (primary N) is 2. The molecule has 2 atom stereocenters. The van der Waals surface area contributed by atoms with Crippen molar-refractivity contribution in [2.75, 3.05) is 6.54 Å². The highest BCUT2D eigenvalue weighted by atomic mass is 16.4. The molecule has 0 bridgehead atoms. The van der Waals surface area contributed by atoms with Gasteiger partial charge in [0.1, 0.15) is 0 Å². The van der Waals surface area contributed by atoms with Crippen LogP contribution < -0.4 is 11.5 Å². The van der Waals surface area contributed by atoms with Gasteiger partial charge in [-0.3, -0.25) is 4.99 Å². The first-order valence-electron chi connectivity index (χ1n) is 4.88. The fraction of sp³-hybridized carbons (Fsp3) is 0.778. The van der Waals surface area contributed by atoms with E-state index in [1.165, 1.54) is 0 Å². The van der Waals surface area contributed by atoms with Crippen LogP contribution >= 0.6 is 0 Å². The van der Waals surface area contributed by atoms with E-state index in [0.717, 1.165) is 12.8 Å². The van der Waals surface area contributed by atoms with Gasteiger partial charge in [0.2, 0.25) is 0 Å². The summed E-state index contributed by atoms with van der Waals surface area (Å²) in [5.74, 6) is -0.747. The van der Waals surface area contributed by atoms with E-state index in [1.807, 2.05) is 0 Å². The molecule has 0 unspecified atom stereocenters. The molecule has 6 heteroatoms. The minimum Gasteiger partial charge on any atom is -0.479 e. The number of unbranched alkanes of at least 4 members (excludes halogenated alkanes) is 1. The Morgan fingerprint density at radius 2 is 2.07 bits per heavy atom. The second-order valence-corrected chi connectivity index (χ2v) is 3.47. The van der Waals surface area contributed by atoms with E-state index in [1.54, 1.807) is 6.92 Å². The molecule has 0 spiro atoms. The van der Waals surface area contributed by atoms with Gasteiger partial charge in [0.25, 0.3) is 0 Å². The van der Waals surface area contributed by atoms with Gasteiger partial charge >= 0.3 is 5.97 Å². The highest BCUT2D eigenvalue weighted by molar-refractivity contribution is 5.77. The Morgan fingerprint density at radius 1 is 1.47 bits per heavy atom. The molecule has 0 rings (SSSR count). The standard InChI is InChI=1S/C9H19N3O3/c1-6(10)12-5-3-2-4-7(11)8(13)9(14)15/h7-8,13H,2-5,11H2,1H3,(H2,10,12)(H,14,15)/t7-,8+/m0/s1. The van der Waals surface area contributed by atoms with Crippen molar-refractivity contribution in [3.63, 3.8) is 0 Å². The molecule has 0 aromatic rings. The summed E-state index contributed by atoms with van der Waals surface area (Å²) >= 11 is 0. The molecule has 0 fully saturated rings. The van der Waals surface area contributed by atoms with Crippen LogP contribution in [-0.2, 0) is 4.79 Å². The molecule has 0 aromatic heterocycles. The van der Waals surface area contributed by atoms with E-state index >= 15 is 0 Å². The number of nitrogens with zero attached hydrogens (tertiary/aromatic N) is 1. The molecule has 0 aliphatic rings. The minimum atomic E-state index is -1.48. The van der Waals surface area contributed by atoms with Crippen LogP contribution in [0.2, 0.25) is 0 Å². The van der Waals surface area contributed by atoms with Gasteiger partial charge in [-0.05, 0) is 26.2 Å². The third-order valence-corrected chi connectivity index (χ3v) is 1.97. The number of carboxylic acids is 1. The summed E-state index contributed by atoms with van der Waals surface area (Å²) in [6, 6.07) is -0.717. The number of carboxylic acid groups (broad SMARTS) is 1. The van der Waals surface area contributed by atoms with E-state index in [9.17, 15) is 4.79 Å². The van der Waals surface area contributed by atoms with Crippen LogP contribution in [0, 0.1) is 0 Å². The van der Waals surface area contributed by atoms with E-state index in [4.69, 9.17) is 21.7 Å². The van der Waals surface area contributed by atoms with Crippen LogP contribution in [0.5, 0.6) is 0 Å². The maximum absolute atomic E-state index is 10.4. The summed E-state index contributed by atoms with van der Waals surface area (Å²) in [6.45, 7) is 2.32. The zero-order chi connectivity index (χ0) is 11.8. The Morgan fingerprint density at radius 3 is 2.53 bits per heavy atom. The van der Waals surface area contributed by atoms with Crippen LogP contribution in [0.4, 0.5) is 0 Å². The maximum atomic E-state index is 10.4. The van der Waals surface area contributed by atoms with Gasteiger partial charge in [-0.1, -0.05) is 0 Å². The van der Waals surface area contributed by atoms with E-state index in [2.05, 4.69) is 4.99 Å². The van der Waals surface area contributed by atoms with Gasteiger partial charge in [-0.15, -0.1) is 0 Å². The molecule has 0 aliphatic heterocycles. The lowest BCUT2D eigenvalue weighted by Crippen LogP contribution is -2.40. The zero-order valence-electron chi connectivity index (χ0n) is 8.89. The summed E-state index contributed by atoms with van der Waals surface area (Å²) in [6.07, 6.45) is 0.494. The first-order chi connectivity index (χ1) is 6.95. The number of hydrogen-bond donors (Lipinski definition) is 4. The lowest BCUT2D eigenvalue weighted by molar-refractivity contribution is -0.147. The predicted molar refractivity (Wildman–Crippen MR) is 57.6 cm³/mol. The van der Waals surface area contributed by atoms with Crippen molar-refractivity contribution in [1.82, 2.24) is 0 Å². The van der Waals surface area contributed by atoms with Gasteiger partial charge in [-0.2, -0.15) is 0 Å². The number of rotatable bonds is 7. The van der Waals surface area contributed by atoms with Crippen LogP contribution in [0.25, 0.3) is 0 Å². The number of carbonyl (C=O) groups is 1.